The van der Waals surface area contributed by atoms with Crippen molar-refractivity contribution in [1.29, 1.82) is 0 Å². The topological polar surface area (TPSA) is 29.1 Å². The summed E-state index contributed by atoms with van der Waals surface area (Å²) in [7, 11) is 0. The predicted molar refractivity (Wildman–Crippen MR) is 107 cm³/mol. The van der Waals surface area contributed by atoms with Crippen molar-refractivity contribution in [2.45, 2.75) is 5.25 Å². The Morgan fingerprint density at radius 2 is 1.48 bits per heavy atom. The van der Waals surface area contributed by atoms with Crippen molar-refractivity contribution in [1.82, 2.24) is 0 Å². The van der Waals surface area contributed by atoms with Crippen LogP contribution in [0, 0.1) is 11.6 Å². The number of thioether (sulfide) groups is 1. The van der Waals surface area contributed by atoms with Gasteiger partial charge in [0, 0.05) is 5.02 Å². The number of benzene rings is 3. The molecule has 0 heterocycles. The highest BCUT2D eigenvalue weighted by Gasteiger charge is 2.18. The molecule has 3 aromatic rings. The van der Waals surface area contributed by atoms with E-state index in [-0.39, 0.29) is 11.0 Å². The molecule has 138 valence electrons. The van der Waals surface area contributed by atoms with Crippen molar-refractivity contribution >= 4 is 35.0 Å². The van der Waals surface area contributed by atoms with E-state index < -0.39 is 23.2 Å². The number of amides is 1. The molecule has 0 radical (unpaired) electrons. The third kappa shape index (κ3) is 5.08. The van der Waals surface area contributed by atoms with Crippen LogP contribution in [0.25, 0.3) is 0 Å². The zero-order valence-corrected chi connectivity index (χ0v) is 15.7. The van der Waals surface area contributed by atoms with E-state index in [2.05, 4.69) is 5.32 Å². The Kier molecular flexibility index (Phi) is 6.48. The molecule has 0 fully saturated rings. The lowest BCUT2D eigenvalue weighted by Gasteiger charge is -2.18. The maximum absolute atomic E-state index is 13.7. The first-order valence-electron chi connectivity index (χ1n) is 8.20. The molecule has 0 aliphatic carbocycles. The number of carbonyl (C=O) groups is 1. The number of hydrogen-bond donors (Lipinski definition) is 1. The molecule has 1 amide bonds. The molecule has 1 atom stereocenters. The lowest BCUT2D eigenvalue weighted by Crippen LogP contribution is -2.17. The first-order valence-corrected chi connectivity index (χ1v) is 9.63. The molecule has 0 spiro atoms. The van der Waals surface area contributed by atoms with Crippen molar-refractivity contribution < 1.29 is 13.6 Å². The Morgan fingerprint density at radius 1 is 0.889 bits per heavy atom. The number of carbonyl (C=O) groups excluding carboxylic acids is 1. The van der Waals surface area contributed by atoms with Gasteiger partial charge in [-0.25, -0.2) is 8.78 Å². The highest BCUT2D eigenvalue weighted by molar-refractivity contribution is 8.00. The molecule has 6 heteroatoms. The number of rotatable bonds is 6. The molecule has 0 unspecified atom stereocenters. The Balaban J connectivity index is 1.75. The fraction of sp³-hybridized carbons (Fsp3) is 0.0952. The molecule has 0 saturated heterocycles. The summed E-state index contributed by atoms with van der Waals surface area (Å²) >= 11 is 7.34. The number of halogens is 3. The minimum absolute atomic E-state index is 0.0377. The van der Waals surface area contributed by atoms with Crippen LogP contribution in [-0.4, -0.2) is 11.7 Å². The Hall–Kier alpha value is -2.37. The molecular formula is C21H16ClF2NOS. The second kappa shape index (κ2) is 9.02. The molecule has 0 aromatic heterocycles. The van der Waals surface area contributed by atoms with Gasteiger partial charge in [0.05, 0.1) is 11.0 Å². The first-order chi connectivity index (χ1) is 13.0. The Labute approximate surface area is 165 Å². The minimum Gasteiger partial charge on any atom is -0.320 e. The largest absolute Gasteiger partial charge is 0.320 e. The molecule has 0 aliphatic rings. The van der Waals surface area contributed by atoms with Crippen LogP contribution in [0.3, 0.4) is 0 Å². The third-order valence-electron chi connectivity index (χ3n) is 3.88. The van der Waals surface area contributed by atoms with Crippen LogP contribution >= 0.6 is 23.4 Å². The summed E-state index contributed by atoms with van der Waals surface area (Å²) in [6.45, 7) is 0. The zero-order valence-electron chi connectivity index (χ0n) is 14.2. The molecule has 1 N–H and O–H groups in total. The number of para-hydroxylation sites is 1. The summed E-state index contributed by atoms with van der Waals surface area (Å²) in [5, 5.41) is 2.83. The lowest BCUT2D eigenvalue weighted by molar-refractivity contribution is -0.113. The molecule has 2 nitrogen and oxygen atoms in total. The first kappa shape index (κ1) is 19.4. The molecule has 0 bridgehead atoms. The van der Waals surface area contributed by atoms with Gasteiger partial charge in [0.25, 0.3) is 0 Å². The molecule has 3 aromatic carbocycles. The second-order valence-corrected chi connectivity index (χ2v) is 7.33. The van der Waals surface area contributed by atoms with E-state index >= 15 is 0 Å². The van der Waals surface area contributed by atoms with Crippen molar-refractivity contribution in [3.8, 4) is 0 Å². The standard InChI is InChI=1S/C21H16ClF2NOS/c22-16-11-9-15(10-12-16)21(14-5-2-1-3-6-14)27-13-19(26)25-20-17(23)7-4-8-18(20)24/h1-12,21H,13H2,(H,25,26)/t21-/m0/s1. The van der Waals surface area contributed by atoms with E-state index in [9.17, 15) is 13.6 Å². The fourth-order valence-corrected chi connectivity index (χ4v) is 3.82. The molecule has 0 aliphatic heterocycles. The normalized spacial score (nSPS) is 11.8. The van der Waals surface area contributed by atoms with Crippen LogP contribution in [0.2, 0.25) is 5.02 Å². The maximum Gasteiger partial charge on any atom is 0.234 e. The van der Waals surface area contributed by atoms with Gasteiger partial charge in [0.2, 0.25) is 5.91 Å². The van der Waals surface area contributed by atoms with E-state index in [1.807, 2.05) is 42.5 Å². The van der Waals surface area contributed by atoms with Gasteiger partial charge in [-0.15, -0.1) is 11.8 Å². The minimum atomic E-state index is -0.800. The fourth-order valence-electron chi connectivity index (χ4n) is 2.60. The predicted octanol–water partition coefficient (Wildman–Crippen LogP) is 6.08. The smallest absolute Gasteiger partial charge is 0.234 e. The quantitative estimate of drug-likeness (QED) is 0.540. The van der Waals surface area contributed by atoms with E-state index in [1.54, 1.807) is 12.1 Å². The molecule has 3 rings (SSSR count). The van der Waals surface area contributed by atoms with E-state index in [4.69, 9.17) is 11.6 Å². The van der Waals surface area contributed by atoms with E-state index in [0.717, 1.165) is 23.3 Å². The molecular weight excluding hydrogens is 388 g/mol. The van der Waals surface area contributed by atoms with Crippen molar-refractivity contribution in [3.05, 3.63) is 101 Å². The van der Waals surface area contributed by atoms with Gasteiger partial charge < -0.3 is 5.32 Å². The Bertz CT molecular complexity index is 899. The van der Waals surface area contributed by atoms with Crippen LogP contribution in [0.15, 0.2) is 72.8 Å². The summed E-state index contributed by atoms with van der Waals surface area (Å²) in [5.41, 5.74) is 1.58. The van der Waals surface area contributed by atoms with E-state index in [1.165, 1.54) is 17.8 Å². The van der Waals surface area contributed by atoms with Crippen LogP contribution in [0.5, 0.6) is 0 Å². The van der Waals surface area contributed by atoms with Crippen LogP contribution < -0.4 is 5.32 Å². The second-order valence-electron chi connectivity index (χ2n) is 5.80. The lowest BCUT2D eigenvalue weighted by atomic mass is 10.0. The SMILES string of the molecule is O=C(CS[C@@H](c1ccccc1)c1ccc(Cl)cc1)Nc1c(F)cccc1F. The summed E-state index contributed by atoms with van der Waals surface area (Å²) in [4.78, 5) is 12.3. The van der Waals surface area contributed by atoms with Crippen LogP contribution in [-0.2, 0) is 4.79 Å². The van der Waals surface area contributed by atoms with Crippen LogP contribution in [0.1, 0.15) is 16.4 Å². The number of nitrogens with one attached hydrogen (secondary N) is 1. The van der Waals surface area contributed by atoms with Gasteiger partial charge >= 0.3 is 0 Å². The summed E-state index contributed by atoms with van der Waals surface area (Å²) in [6, 6.07) is 20.6. The summed E-state index contributed by atoms with van der Waals surface area (Å²) in [6.07, 6.45) is 0. The van der Waals surface area contributed by atoms with Crippen molar-refractivity contribution in [2.75, 3.05) is 11.1 Å². The van der Waals surface area contributed by atoms with Crippen molar-refractivity contribution in [2.24, 2.45) is 0 Å². The summed E-state index contributed by atoms with van der Waals surface area (Å²) in [5.74, 6) is -2.04. The molecule has 27 heavy (non-hydrogen) atoms. The van der Waals surface area contributed by atoms with Crippen LogP contribution in [0.4, 0.5) is 14.5 Å². The number of hydrogen-bond acceptors (Lipinski definition) is 2. The highest BCUT2D eigenvalue weighted by atomic mass is 35.5. The van der Waals surface area contributed by atoms with Gasteiger partial charge in [0.15, 0.2) is 0 Å². The number of anilines is 1. The zero-order chi connectivity index (χ0) is 19.2. The summed E-state index contributed by atoms with van der Waals surface area (Å²) < 4.78 is 27.4. The van der Waals surface area contributed by atoms with Gasteiger partial charge in [-0.1, -0.05) is 60.1 Å². The monoisotopic (exact) mass is 403 g/mol. The van der Waals surface area contributed by atoms with Gasteiger partial charge in [0.1, 0.15) is 17.3 Å². The third-order valence-corrected chi connectivity index (χ3v) is 5.44. The van der Waals surface area contributed by atoms with Crippen molar-refractivity contribution in [3.63, 3.8) is 0 Å². The Morgan fingerprint density at radius 3 is 2.11 bits per heavy atom. The maximum atomic E-state index is 13.7. The average molecular weight is 404 g/mol. The molecule has 0 saturated carbocycles. The highest BCUT2D eigenvalue weighted by Crippen LogP contribution is 2.36. The van der Waals surface area contributed by atoms with Gasteiger partial charge in [-0.05, 0) is 35.4 Å². The van der Waals surface area contributed by atoms with Gasteiger partial charge in [-0.3, -0.25) is 4.79 Å². The van der Waals surface area contributed by atoms with Gasteiger partial charge in [-0.2, -0.15) is 0 Å². The average Bonchev–Trinajstić information content (AvgIpc) is 2.67. The van der Waals surface area contributed by atoms with E-state index in [0.29, 0.717) is 5.02 Å².